The van der Waals surface area contributed by atoms with Crippen LogP contribution in [0.3, 0.4) is 0 Å². The number of nitrogens with zero attached hydrogens (tertiary/aromatic N) is 1. The van der Waals surface area contributed by atoms with Crippen molar-refractivity contribution in [2.75, 3.05) is 11.4 Å². The third-order valence-corrected chi connectivity index (χ3v) is 6.58. The van der Waals surface area contributed by atoms with Gasteiger partial charge in [-0.2, -0.15) is 0 Å². The molecular weight excluding hydrogens is 324 g/mol. The molecule has 2 aromatic rings. The second-order valence-corrected chi connectivity index (χ2v) is 8.09. The van der Waals surface area contributed by atoms with Gasteiger partial charge in [-0.25, -0.2) is 0 Å². The number of fused-ring (bicyclic) bond motifs is 5. The molecule has 1 N–H and O–H groups in total. The van der Waals surface area contributed by atoms with Crippen LogP contribution in [0.1, 0.15) is 44.2 Å². The molecular formula is C22H24N2O2. The van der Waals surface area contributed by atoms with E-state index in [1.807, 2.05) is 25.1 Å². The first kappa shape index (κ1) is 15.7. The molecule has 1 fully saturated rings. The second kappa shape index (κ2) is 5.03. The second-order valence-electron chi connectivity index (χ2n) is 8.09. The van der Waals surface area contributed by atoms with Crippen molar-refractivity contribution in [1.82, 2.24) is 5.32 Å². The van der Waals surface area contributed by atoms with Crippen LogP contribution < -0.4 is 15.0 Å². The van der Waals surface area contributed by atoms with Crippen LogP contribution in [0, 0.1) is 0 Å². The monoisotopic (exact) mass is 348 g/mol. The SMILES string of the molecule is CCNC(=O)[C@@H]1[C@H]2C[C@]3(Oc4ccccc42)N1c1ccccc1C3(C)C. The Kier molecular flexibility index (Phi) is 3.04. The Morgan fingerprint density at radius 2 is 1.92 bits per heavy atom. The molecule has 1 amide bonds. The van der Waals surface area contributed by atoms with Gasteiger partial charge in [-0.05, 0) is 38.5 Å². The maximum absolute atomic E-state index is 13.1. The van der Waals surface area contributed by atoms with Gasteiger partial charge < -0.3 is 15.0 Å². The highest BCUT2D eigenvalue weighted by Gasteiger charge is 2.70. The molecule has 0 unspecified atom stereocenters. The van der Waals surface area contributed by atoms with Crippen molar-refractivity contribution in [3.8, 4) is 5.75 Å². The average molecular weight is 348 g/mol. The molecule has 4 heteroatoms. The summed E-state index contributed by atoms with van der Waals surface area (Å²) >= 11 is 0. The van der Waals surface area contributed by atoms with E-state index in [4.69, 9.17) is 4.74 Å². The summed E-state index contributed by atoms with van der Waals surface area (Å²) in [5, 5.41) is 3.06. The van der Waals surface area contributed by atoms with Crippen LogP contribution in [-0.4, -0.2) is 24.2 Å². The van der Waals surface area contributed by atoms with Crippen molar-refractivity contribution in [2.45, 2.75) is 50.3 Å². The topological polar surface area (TPSA) is 41.6 Å². The number of hydrogen-bond donors (Lipinski definition) is 1. The molecule has 3 atom stereocenters. The highest BCUT2D eigenvalue weighted by Crippen LogP contribution is 2.64. The predicted molar refractivity (Wildman–Crippen MR) is 102 cm³/mol. The van der Waals surface area contributed by atoms with Gasteiger partial charge in [0.05, 0.1) is 5.41 Å². The number of benzene rings is 2. The molecule has 3 aliphatic rings. The summed E-state index contributed by atoms with van der Waals surface area (Å²) in [5.41, 5.74) is 2.80. The van der Waals surface area contributed by atoms with E-state index in [0.29, 0.717) is 6.54 Å². The number of hydrogen-bond acceptors (Lipinski definition) is 3. The Balaban J connectivity index is 1.77. The van der Waals surface area contributed by atoms with E-state index in [-0.39, 0.29) is 23.3 Å². The maximum Gasteiger partial charge on any atom is 0.243 e. The average Bonchev–Trinajstić information content (AvgIpc) is 3.01. The maximum atomic E-state index is 13.1. The van der Waals surface area contributed by atoms with Crippen molar-refractivity contribution in [2.24, 2.45) is 0 Å². The molecule has 1 saturated heterocycles. The fourth-order valence-electron chi connectivity index (χ4n) is 5.37. The van der Waals surface area contributed by atoms with E-state index < -0.39 is 5.72 Å². The van der Waals surface area contributed by atoms with Gasteiger partial charge in [-0.3, -0.25) is 4.79 Å². The van der Waals surface area contributed by atoms with E-state index in [1.54, 1.807) is 0 Å². The molecule has 0 aliphatic carbocycles. The predicted octanol–water partition coefficient (Wildman–Crippen LogP) is 3.57. The Morgan fingerprint density at radius 3 is 2.73 bits per heavy atom. The van der Waals surface area contributed by atoms with Crippen molar-refractivity contribution in [3.63, 3.8) is 0 Å². The number of ether oxygens (including phenoxy) is 1. The van der Waals surface area contributed by atoms with Gasteiger partial charge in [0.25, 0.3) is 0 Å². The zero-order chi connectivity index (χ0) is 18.1. The van der Waals surface area contributed by atoms with Crippen LogP contribution in [0.25, 0.3) is 0 Å². The summed E-state index contributed by atoms with van der Waals surface area (Å²) in [6.07, 6.45) is 0.827. The third-order valence-electron chi connectivity index (χ3n) is 6.58. The number of para-hydroxylation sites is 2. The van der Waals surface area contributed by atoms with Crippen molar-refractivity contribution >= 4 is 11.6 Å². The number of likely N-dealkylation sites (N-methyl/N-ethyl adjacent to an activating group) is 1. The zero-order valence-corrected chi connectivity index (χ0v) is 15.5. The summed E-state index contributed by atoms with van der Waals surface area (Å²) < 4.78 is 6.74. The molecule has 26 heavy (non-hydrogen) atoms. The van der Waals surface area contributed by atoms with Gasteiger partial charge in [0.2, 0.25) is 5.91 Å². The largest absolute Gasteiger partial charge is 0.467 e. The minimum Gasteiger partial charge on any atom is -0.467 e. The molecule has 3 heterocycles. The van der Waals surface area contributed by atoms with Gasteiger partial charge in [0, 0.05) is 30.1 Å². The van der Waals surface area contributed by atoms with Crippen molar-refractivity contribution in [1.29, 1.82) is 0 Å². The van der Waals surface area contributed by atoms with E-state index in [1.165, 1.54) is 5.56 Å². The Morgan fingerprint density at radius 1 is 1.19 bits per heavy atom. The van der Waals surface area contributed by atoms with Gasteiger partial charge in [-0.15, -0.1) is 0 Å². The van der Waals surface area contributed by atoms with Crippen LogP contribution >= 0.6 is 0 Å². The van der Waals surface area contributed by atoms with Crippen molar-refractivity contribution < 1.29 is 9.53 Å². The van der Waals surface area contributed by atoms with Gasteiger partial charge in [0.1, 0.15) is 11.8 Å². The molecule has 3 aliphatic heterocycles. The molecule has 0 saturated carbocycles. The molecule has 5 rings (SSSR count). The summed E-state index contributed by atoms with van der Waals surface area (Å²) in [5.74, 6) is 1.15. The van der Waals surface area contributed by atoms with Crippen LogP contribution in [0.4, 0.5) is 5.69 Å². The van der Waals surface area contributed by atoms with Gasteiger partial charge in [-0.1, -0.05) is 36.4 Å². The Labute approximate surface area is 154 Å². The lowest BCUT2D eigenvalue weighted by Crippen LogP contribution is -2.59. The molecule has 0 aromatic heterocycles. The highest BCUT2D eigenvalue weighted by atomic mass is 16.5. The quantitative estimate of drug-likeness (QED) is 0.902. The summed E-state index contributed by atoms with van der Waals surface area (Å²) in [4.78, 5) is 15.4. The van der Waals surface area contributed by atoms with Crippen LogP contribution in [-0.2, 0) is 10.2 Å². The van der Waals surface area contributed by atoms with Crippen molar-refractivity contribution in [3.05, 3.63) is 59.7 Å². The smallest absolute Gasteiger partial charge is 0.243 e. The molecule has 2 bridgehead atoms. The standard InChI is InChI=1S/C22H24N2O2/c1-4-23-20(25)19-15-13-22(26-18-12-8-5-9-14(15)18)21(2,3)16-10-6-7-11-17(16)24(19)22/h5-12,15,19H,4,13H2,1-3H3,(H,23,25)/t15-,19-,22+/m0/s1. The Bertz CT molecular complexity index is 907. The molecule has 0 radical (unpaired) electrons. The molecule has 1 spiro atoms. The number of amides is 1. The summed E-state index contributed by atoms with van der Waals surface area (Å²) in [7, 11) is 0. The minimum atomic E-state index is -0.522. The number of carbonyl (C=O) groups excluding carboxylic acids is 1. The lowest BCUT2D eigenvalue weighted by Gasteiger charge is -2.45. The number of carbonyl (C=O) groups is 1. The highest BCUT2D eigenvalue weighted by molar-refractivity contribution is 5.90. The first-order chi connectivity index (χ1) is 12.5. The Hall–Kier alpha value is -2.49. The summed E-state index contributed by atoms with van der Waals surface area (Å²) in [6.45, 7) is 7.10. The zero-order valence-electron chi connectivity index (χ0n) is 15.5. The fourth-order valence-corrected chi connectivity index (χ4v) is 5.37. The van der Waals surface area contributed by atoms with Crippen LogP contribution in [0.15, 0.2) is 48.5 Å². The first-order valence-electron chi connectivity index (χ1n) is 9.46. The van der Waals surface area contributed by atoms with Crippen LogP contribution in [0.2, 0.25) is 0 Å². The number of rotatable bonds is 2. The van der Waals surface area contributed by atoms with E-state index in [2.05, 4.69) is 54.4 Å². The van der Waals surface area contributed by atoms with Gasteiger partial charge >= 0.3 is 0 Å². The van der Waals surface area contributed by atoms with E-state index in [0.717, 1.165) is 23.4 Å². The van der Waals surface area contributed by atoms with Crippen LogP contribution in [0.5, 0.6) is 5.75 Å². The number of nitrogens with one attached hydrogen (secondary N) is 1. The fraction of sp³-hybridized carbons (Fsp3) is 0.409. The normalized spacial score (nSPS) is 29.4. The third kappa shape index (κ3) is 1.67. The minimum absolute atomic E-state index is 0.0900. The number of anilines is 1. The molecule has 134 valence electrons. The lowest BCUT2D eigenvalue weighted by atomic mass is 9.73. The first-order valence-corrected chi connectivity index (χ1v) is 9.46. The van der Waals surface area contributed by atoms with E-state index >= 15 is 0 Å². The lowest BCUT2D eigenvalue weighted by molar-refractivity contribution is -0.122. The summed E-state index contributed by atoms with van der Waals surface area (Å²) in [6, 6.07) is 16.4. The molecule has 2 aromatic carbocycles. The van der Waals surface area contributed by atoms with Gasteiger partial charge in [0.15, 0.2) is 5.72 Å². The molecule has 4 nitrogen and oxygen atoms in total. The van der Waals surface area contributed by atoms with E-state index in [9.17, 15) is 4.79 Å².